The fourth-order valence-corrected chi connectivity index (χ4v) is 2.14. The van der Waals surface area contributed by atoms with E-state index in [1.807, 2.05) is 28.7 Å². The fraction of sp³-hybridized carbons (Fsp3) is 0. The number of para-hydroxylation sites is 1. The Hall–Kier alpha value is -1.96. The van der Waals surface area contributed by atoms with Gasteiger partial charge in [0, 0.05) is 18.0 Å². The summed E-state index contributed by atoms with van der Waals surface area (Å²) >= 11 is 2.05. The normalized spacial score (nSPS) is 10.6. The van der Waals surface area contributed by atoms with Gasteiger partial charge in [0.25, 0.3) is 5.89 Å². The Bertz CT molecular complexity index is 713. The molecular weight excluding hydrogens is 357 g/mol. The molecule has 0 saturated carbocycles. The van der Waals surface area contributed by atoms with Gasteiger partial charge in [0.15, 0.2) is 0 Å². The van der Waals surface area contributed by atoms with Gasteiger partial charge >= 0.3 is 0 Å². The molecule has 0 saturated heterocycles. The maximum absolute atomic E-state index is 9.99. The van der Waals surface area contributed by atoms with E-state index < -0.39 is 0 Å². The molecule has 2 aromatic heterocycles. The van der Waals surface area contributed by atoms with Crippen LogP contribution in [0.2, 0.25) is 0 Å². The number of phenolic OH excluding ortho intramolecular Hbond substituents is 1. The van der Waals surface area contributed by atoms with Crippen molar-refractivity contribution in [3.05, 3.63) is 46.3 Å². The largest absolute Gasteiger partial charge is 0.506 e. The standard InChI is InChI=1S/C13H8IN3O2/c14-10-3-1-2-9(11(10)18)13-16-12(17-19-13)8-4-6-15-7-5-8/h1-7,18H. The summed E-state index contributed by atoms with van der Waals surface area (Å²) < 4.78 is 5.93. The van der Waals surface area contributed by atoms with Crippen molar-refractivity contribution in [2.45, 2.75) is 0 Å². The second-order valence-electron chi connectivity index (χ2n) is 3.80. The Balaban J connectivity index is 2.05. The molecule has 0 unspecified atom stereocenters. The molecule has 5 nitrogen and oxygen atoms in total. The van der Waals surface area contributed by atoms with Crippen LogP contribution >= 0.6 is 22.6 Å². The number of phenols is 1. The number of hydrogen-bond acceptors (Lipinski definition) is 5. The first-order chi connectivity index (χ1) is 9.25. The third-order valence-electron chi connectivity index (χ3n) is 2.58. The molecule has 0 atom stereocenters. The number of nitrogens with zero attached hydrogens (tertiary/aromatic N) is 3. The van der Waals surface area contributed by atoms with Gasteiger partial charge in [-0.25, -0.2) is 0 Å². The van der Waals surface area contributed by atoms with Gasteiger partial charge in [0.1, 0.15) is 5.75 Å². The third kappa shape index (κ3) is 2.30. The SMILES string of the molecule is Oc1c(I)cccc1-c1nc(-c2ccncc2)no1. The average molecular weight is 365 g/mol. The van der Waals surface area contributed by atoms with Gasteiger partial charge in [0.05, 0.1) is 9.13 Å². The highest BCUT2D eigenvalue weighted by molar-refractivity contribution is 14.1. The summed E-state index contributed by atoms with van der Waals surface area (Å²) in [4.78, 5) is 8.22. The van der Waals surface area contributed by atoms with Gasteiger partial charge in [-0.3, -0.25) is 4.98 Å². The second kappa shape index (κ2) is 4.96. The summed E-state index contributed by atoms with van der Waals surface area (Å²) in [5.41, 5.74) is 1.34. The molecule has 3 aromatic rings. The Labute approximate surface area is 122 Å². The number of halogens is 1. The van der Waals surface area contributed by atoms with E-state index in [1.165, 1.54) is 0 Å². The van der Waals surface area contributed by atoms with Crippen LogP contribution in [0, 0.1) is 3.57 Å². The lowest BCUT2D eigenvalue weighted by atomic mass is 10.2. The lowest BCUT2D eigenvalue weighted by Crippen LogP contribution is -1.83. The van der Waals surface area contributed by atoms with Crippen molar-refractivity contribution in [1.82, 2.24) is 15.1 Å². The van der Waals surface area contributed by atoms with E-state index in [1.54, 1.807) is 36.7 Å². The van der Waals surface area contributed by atoms with Crippen LogP contribution in [0.15, 0.2) is 47.2 Å². The van der Waals surface area contributed by atoms with Crippen LogP contribution in [0.3, 0.4) is 0 Å². The van der Waals surface area contributed by atoms with Gasteiger partial charge in [-0.05, 0) is 46.9 Å². The first-order valence-corrected chi connectivity index (χ1v) is 6.55. The fourth-order valence-electron chi connectivity index (χ4n) is 1.64. The molecule has 1 aromatic carbocycles. The second-order valence-corrected chi connectivity index (χ2v) is 4.96. The molecular formula is C13H8IN3O2. The van der Waals surface area contributed by atoms with E-state index in [-0.39, 0.29) is 5.75 Å². The molecule has 19 heavy (non-hydrogen) atoms. The van der Waals surface area contributed by atoms with Crippen molar-refractivity contribution in [2.75, 3.05) is 0 Å². The van der Waals surface area contributed by atoms with E-state index in [9.17, 15) is 5.11 Å². The van der Waals surface area contributed by atoms with E-state index >= 15 is 0 Å². The van der Waals surface area contributed by atoms with E-state index in [0.717, 1.165) is 9.13 Å². The summed E-state index contributed by atoms with van der Waals surface area (Å²) in [6.45, 7) is 0. The smallest absolute Gasteiger partial charge is 0.262 e. The first kappa shape index (κ1) is 12.1. The molecule has 3 rings (SSSR count). The van der Waals surface area contributed by atoms with Crippen molar-refractivity contribution < 1.29 is 9.63 Å². The quantitative estimate of drug-likeness (QED) is 0.707. The number of rotatable bonds is 2. The summed E-state index contributed by atoms with van der Waals surface area (Å²) in [7, 11) is 0. The predicted octanol–water partition coefficient (Wildman–Crippen LogP) is 3.11. The number of benzene rings is 1. The molecule has 1 N–H and O–H groups in total. The summed E-state index contributed by atoms with van der Waals surface area (Å²) in [5.74, 6) is 0.909. The van der Waals surface area contributed by atoms with Gasteiger partial charge in [-0.1, -0.05) is 11.2 Å². The highest BCUT2D eigenvalue weighted by Gasteiger charge is 2.15. The molecule has 2 heterocycles. The van der Waals surface area contributed by atoms with Crippen LogP contribution in [-0.2, 0) is 0 Å². The zero-order valence-corrected chi connectivity index (χ0v) is 11.8. The lowest BCUT2D eigenvalue weighted by Gasteiger charge is -2.00. The lowest BCUT2D eigenvalue weighted by molar-refractivity contribution is 0.425. The summed E-state index contributed by atoms with van der Waals surface area (Å²) in [6.07, 6.45) is 3.32. The molecule has 0 spiro atoms. The van der Waals surface area contributed by atoms with Crippen LogP contribution in [0.1, 0.15) is 0 Å². The minimum absolute atomic E-state index is 0.146. The molecule has 0 amide bonds. The van der Waals surface area contributed by atoms with Gasteiger partial charge in [0.2, 0.25) is 5.82 Å². The first-order valence-electron chi connectivity index (χ1n) is 5.47. The third-order valence-corrected chi connectivity index (χ3v) is 3.45. The highest BCUT2D eigenvalue weighted by atomic mass is 127. The van der Waals surface area contributed by atoms with Crippen molar-refractivity contribution >= 4 is 22.6 Å². The maximum Gasteiger partial charge on any atom is 0.262 e. The molecule has 94 valence electrons. The van der Waals surface area contributed by atoms with E-state index in [4.69, 9.17) is 4.52 Å². The number of aromatic nitrogens is 3. The van der Waals surface area contributed by atoms with Gasteiger partial charge in [-0.15, -0.1) is 0 Å². The molecule has 0 aliphatic heterocycles. The van der Waals surface area contributed by atoms with E-state index in [2.05, 4.69) is 15.1 Å². The Morgan fingerprint density at radius 2 is 1.89 bits per heavy atom. The van der Waals surface area contributed by atoms with Crippen molar-refractivity contribution in [2.24, 2.45) is 0 Å². The van der Waals surface area contributed by atoms with Crippen LogP contribution in [-0.4, -0.2) is 20.2 Å². The van der Waals surface area contributed by atoms with Crippen LogP contribution in [0.25, 0.3) is 22.8 Å². The number of aromatic hydroxyl groups is 1. The Morgan fingerprint density at radius 3 is 2.68 bits per heavy atom. The van der Waals surface area contributed by atoms with Gasteiger partial charge < -0.3 is 9.63 Å². The molecule has 0 radical (unpaired) electrons. The average Bonchev–Trinajstić information content (AvgIpc) is 2.92. The zero-order chi connectivity index (χ0) is 13.2. The van der Waals surface area contributed by atoms with Gasteiger partial charge in [-0.2, -0.15) is 4.98 Å². The Kier molecular flexibility index (Phi) is 3.16. The molecule has 0 aliphatic carbocycles. The van der Waals surface area contributed by atoms with Crippen LogP contribution in [0.5, 0.6) is 5.75 Å². The monoisotopic (exact) mass is 365 g/mol. The predicted molar refractivity (Wildman–Crippen MR) is 77.3 cm³/mol. The number of pyridine rings is 1. The summed E-state index contributed by atoms with van der Waals surface area (Å²) in [6, 6.07) is 8.96. The zero-order valence-electron chi connectivity index (χ0n) is 9.62. The van der Waals surface area contributed by atoms with E-state index in [0.29, 0.717) is 17.3 Å². The molecule has 0 fully saturated rings. The van der Waals surface area contributed by atoms with Crippen LogP contribution < -0.4 is 0 Å². The summed E-state index contributed by atoms with van der Waals surface area (Å²) in [5, 5.41) is 13.9. The minimum Gasteiger partial charge on any atom is -0.506 e. The van der Waals surface area contributed by atoms with Crippen molar-refractivity contribution in [1.29, 1.82) is 0 Å². The van der Waals surface area contributed by atoms with Crippen LogP contribution in [0.4, 0.5) is 0 Å². The minimum atomic E-state index is 0.146. The molecule has 0 aliphatic rings. The highest BCUT2D eigenvalue weighted by Crippen LogP contribution is 2.32. The molecule has 0 bridgehead atoms. The topological polar surface area (TPSA) is 72.0 Å². The van der Waals surface area contributed by atoms with Crippen molar-refractivity contribution in [3.63, 3.8) is 0 Å². The molecule has 6 heteroatoms. The number of hydrogen-bond donors (Lipinski definition) is 1. The maximum atomic E-state index is 9.99. The van der Waals surface area contributed by atoms with Crippen molar-refractivity contribution in [3.8, 4) is 28.6 Å². The Morgan fingerprint density at radius 1 is 1.11 bits per heavy atom.